The molecule has 2 saturated heterocycles. The minimum atomic E-state index is -0.474. The molecule has 0 bridgehead atoms. The topological polar surface area (TPSA) is 49.9 Å². The first kappa shape index (κ1) is 10.4. The highest BCUT2D eigenvalue weighted by Gasteiger charge is 2.31. The fraction of sp³-hybridized carbons (Fsp3) is 0.800. The summed E-state index contributed by atoms with van der Waals surface area (Å²) in [5.74, 6) is 0.0208. The van der Waals surface area contributed by atoms with Crippen molar-refractivity contribution >= 4 is 12.3 Å². The zero-order chi connectivity index (χ0) is 10.7. The third-order valence-electron chi connectivity index (χ3n) is 2.89. The minimum Gasteiger partial charge on any atom is -0.365 e. The molecular formula is C10H15N2O3. The van der Waals surface area contributed by atoms with Crippen LogP contribution in [0.1, 0.15) is 12.8 Å². The van der Waals surface area contributed by atoms with Crippen LogP contribution in [-0.4, -0.2) is 61.0 Å². The zero-order valence-electron chi connectivity index (χ0n) is 8.65. The van der Waals surface area contributed by atoms with Gasteiger partial charge in [-0.15, -0.1) is 0 Å². The Hall–Kier alpha value is -1.10. The Morgan fingerprint density at radius 1 is 1.27 bits per heavy atom. The van der Waals surface area contributed by atoms with Crippen molar-refractivity contribution in [2.24, 2.45) is 0 Å². The van der Waals surface area contributed by atoms with Crippen LogP contribution in [0, 0.1) is 0 Å². The van der Waals surface area contributed by atoms with Gasteiger partial charge in [-0.2, -0.15) is 0 Å². The van der Waals surface area contributed by atoms with Gasteiger partial charge in [0.05, 0.1) is 13.2 Å². The van der Waals surface area contributed by atoms with E-state index in [9.17, 15) is 9.59 Å². The summed E-state index contributed by atoms with van der Waals surface area (Å²) in [6.07, 6.45) is 3.48. The zero-order valence-corrected chi connectivity index (χ0v) is 8.65. The summed E-state index contributed by atoms with van der Waals surface area (Å²) in [4.78, 5) is 25.7. The number of rotatable bonds is 2. The molecule has 0 aliphatic carbocycles. The second-order valence-corrected chi connectivity index (χ2v) is 3.93. The van der Waals surface area contributed by atoms with E-state index < -0.39 is 6.10 Å². The maximum Gasteiger partial charge on any atom is 0.312 e. The minimum absolute atomic E-state index is 0.0208. The molecule has 2 rings (SSSR count). The molecule has 0 saturated carbocycles. The summed E-state index contributed by atoms with van der Waals surface area (Å²) >= 11 is 0. The molecule has 5 heteroatoms. The van der Waals surface area contributed by atoms with Crippen LogP contribution in [0.15, 0.2) is 0 Å². The Labute approximate surface area is 89.0 Å². The number of nitrogens with zero attached hydrogens (tertiary/aromatic N) is 2. The van der Waals surface area contributed by atoms with Gasteiger partial charge in [-0.05, 0) is 12.8 Å². The lowest BCUT2D eigenvalue weighted by Gasteiger charge is -2.31. The monoisotopic (exact) mass is 211 g/mol. The molecule has 1 unspecified atom stereocenters. The van der Waals surface area contributed by atoms with Gasteiger partial charge in [0.25, 0.3) is 5.91 Å². The Morgan fingerprint density at radius 3 is 2.67 bits per heavy atom. The van der Waals surface area contributed by atoms with Crippen molar-refractivity contribution in [2.75, 3.05) is 32.8 Å². The summed E-state index contributed by atoms with van der Waals surface area (Å²) in [5, 5.41) is 0. The molecule has 0 N–H and O–H groups in total. The van der Waals surface area contributed by atoms with Crippen LogP contribution in [0.3, 0.4) is 0 Å². The van der Waals surface area contributed by atoms with Crippen LogP contribution in [0.2, 0.25) is 0 Å². The fourth-order valence-electron chi connectivity index (χ4n) is 2.02. The van der Waals surface area contributed by atoms with Gasteiger partial charge in [-0.25, -0.2) is 0 Å². The number of amides is 2. The van der Waals surface area contributed by atoms with Crippen LogP contribution in [0.25, 0.3) is 0 Å². The smallest absolute Gasteiger partial charge is 0.312 e. The highest BCUT2D eigenvalue weighted by Crippen LogP contribution is 2.13. The number of hydrogen-bond acceptors (Lipinski definition) is 3. The fourth-order valence-corrected chi connectivity index (χ4v) is 2.02. The standard InChI is InChI=1S/C10H15N2O3/c13-8-11-5-6-15-9(7-11)10(14)12-3-1-2-4-12/h9H,1-7H2. The average Bonchev–Trinajstić information content (AvgIpc) is 2.81. The third kappa shape index (κ3) is 2.28. The second-order valence-electron chi connectivity index (χ2n) is 3.93. The van der Waals surface area contributed by atoms with Crippen LogP contribution >= 0.6 is 0 Å². The Balaban J connectivity index is 1.91. The van der Waals surface area contributed by atoms with E-state index in [1.54, 1.807) is 0 Å². The van der Waals surface area contributed by atoms with E-state index in [4.69, 9.17) is 4.74 Å². The largest absolute Gasteiger partial charge is 0.365 e. The molecule has 2 fully saturated rings. The van der Waals surface area contributed by atoms with Gasteiger partial charge >= 0.3 is 6.41 Å². The lowest BCUT2D eigenvalue weighted by Crippen LogP contribution is -2.49. The molecule has 1 atom stereocenters. The van der Waals surface area contributed by atoms with Crippen LogP contribution in [0.4, 0.5) is 0 Å². The summed E-state index contributed by atoms with van der Waals surface area (Å²) < 4.78 is 5.37. The summed E-state index contributed by atoms with van der Waals surface area (Å²) in [7, 11) is 0. The molecule has 1 radical (unpaired) electrons. The second kappa shape index (κ2) is 4.61. The molecule has 0 spiro atoms. The molecule has 0 aromatic heterocycles. The molecule has 2 aliphatic heterocycles. The van der Waals surface area contributed by atoms with Crippen LogP contribution in [0.5, 0.6) is 0 Å². The van der Waals surface area contributed by atoms with Gasteiger partial charge < -0.3 is 14.5 Å². The predicted octanol–water partition coefficient (Wildman–Crippen LogP) is -0.623. The van der Waals surface area contributed by atoms with Gasteiger partial charge in [-0.1, -0.05) is 0 Å². The number of ether oxygens (including phenoxy) is 1. The Morgan fingerprint density at radius 2 is 2.00 bits per heavy atom. The number of morpholine rings is 1. The van der Waals surface area contributed by atoms with Crippen molar-refractivity contribution in [3.8, 4) is 0 Å². The maximum absolute atomic E-state index is 11.9. The Bertz CT molecular complexity index is 251. The van der Waals surface area contributed by atoms with Gasteiger partial charge in [-0.3, -0.25) is 9.59 Å². The molecule has 2 heterocycles. The molecule has 0 aromatic rings. The SMILES string of the molecule is O=[C]N1CCOC(C(=O)N2CCCC2)C1. The van der Waals surface area contributed by atoms with Gasteiger partial charge in [0, 0.05) is 19.6 Å². The quantitative estimate of drug-likeness (QED) is 0.611. The van der Waals surface area contributed by atoms with Crippen LogP contribution in [-0.2, 0) is 14.3 Å². The maximum atomic E-state index is 11.9. The molecule has 15 heavy (non-hydrogen) atoms. The third-order valence-corrected chi connectivity index (χ3v) is 2.89. The van der Waals surface area contributed by atoms with Crippen molar-refractivity contribution in [1.82, 2.24) is 9.80 Å². The first-order chi connectivity index (χ1) is 7.31. The Kier molecular flexibility index (Phi) is 3.20. The molecule has 0 aromatic carbocycles. The molecule has 83 valence electrons. The van der Waals surface area contributed by atoms with Crippen molar-refractivity contribution in [1.29, 1.82) is 0 Å². The van der Waals surface area contributed by atoms with Crippen molar-refractivity contribution in [3.63, 3.8) is 0 Å². The average molecular weight is 211 g/mol. The summed E-state index contributed by atoms with van der Waals surface area (Å²) in [6, 6.07) is 0. The first-order valence-corrected chi connectivity index (χ1v) is 5.34. The normalized spacial score (nSPS) is 26.8. The highest BCUT2D eigenvalue weighted by molar-refractivity contribution is 5.81. The van der Waals surface area contributed by atoms with E-state index in [2.05, 4.69) is 0 Å². The van der Waals surface area contributed by atoms with Gasteiger partial charge in [0.15, 0.2) is 6.10 Å². The first-order valence-electron chi connectivity index (χ1n) is 5.34. The van der Waals surface area contributed by atoms with E-state index in [1.165, 1.54) is 4.90 Å². The van der Waals surface area contributed by atoms with Gasteiger partial charge in [0.1, 0.15) is 0 Å². The molecule has 5 nitrogen and oxygen atoms in total. The summed E-state index contributed by atoms with van der Waals surface area (Å²) in [5.41, 5.74) is 0. The van der Waals surface area contributed by atoms with E-state index in [0.717, 1.165) is 25.9 Å². The number of hydrogen-bond donors (Lipinski definition) is 0. The molecule has 2 aliphatic rings. The number of likely N-dealkylation sites (tertiary alicyclic amines) is 1. The number of carbonyl (C=O) groups excluding carboxylic acids is 2. The van der Waals surface area contributed by atoms with Crippen molar-refractivity contribution in [3.05, 3.63) is 0 Å². The summed E-state index contributed by atoms with van der Waals surface area (Å²) in [6.45, 7) is 2.96. The van der Waals surface area contributed by atoms with Gasteiger partial charge in [0.2, 0.25) is 0 Å². The lowest BCUT2D eigenvalue weighted by molar-refractivity contribution is -0.146. The highest BCUT2D eigenvalue weighted by atomic mass is 16.5. The van der Waals surface area contributed by atoms with E-state index in [-0.39, 0.29) is 5.91 Å². The van der Waals surface area contributed by atoms with Crippen molar-refractivity contribution < 1.29 is 14.3 Å². The molecular weight excluding hydrogens is 196 g/mol. The van der Waals surface area contributed by atoms with E-state index in [1.807, 2.05) is 11.3 Å². The predicted molar refractivity (Wildman–Crippen MR) is 52.8 cm³/mol. The number of carbonyl (C=O) groups is 1. The van der Waals surface area contributed by atoms with Crippen molar-refractivity contribution in [2.45, 2.75) is 18.9 Å². The van der Waals surface area contributed by atoms with E-state index >= 15 is 0 Å². The molecule has 2 amide bonds. The van der Waals surface area contributed by atoms with Crippen LogP contribution < -0.4 is 0 Å². The van der Waals surface area contributed by atoms with E-state index in [0.29, 0.717) is 19.7 Å². The lowest BCUT2D eigenvalue weighted by atomic mass is 10.2.